The van der Waals surface area contributed by atoms with Gasteiger partial charge >= 0.3 is 11.9 Å². The molecule has 1 aliphatic heterocycles. The first-order valence-corrected chi connectivity index (χ1v) is 7.15. The van der Waals surface area contributed by atoms with E-state index < -0.39 is 18.5 Å². The average Bonchev–Trinajstić information content (AvgIpc) is 2.41. The van der Waals surface area contributed by atoms with Crippen molar-refractivity contribution in [2.75, 3.05) is 13.7 Å². The monoisotopic (exact) mass is 288 g/mol. The molecule has 6 heteroatoms. The van der Waals surface area contributed by atoms with E-state index >= 15 is 0 Å². The van der Waals surface area contributed by atoms with Gasteiger partial charge in [-0.1, -0.05) is 13.8 Å². The van der Waals surface area contributed by atoms with Gasteiger partial charge in [0, 0.05) is 26.4 Å². The lowest BCUT2D eigenvalue weighted by atomic mass is 10.1. The summed E-state index contributed by atoms with van der Waals surface area (Å²) in [5.41, 5.74) is 0. The molecule has 116 valence electrons. The lowest BCUT2D eigenvalue weighted by molar-refractivity contribution is -0.248. The predicted octanol–water partition coefficient (Wildman–Crippen LogP) is 1.80. The van der Waals surface area contributed by atoms with Crippen LogP contribution in [0.4, 0.5) is 0 Å². The summed E-state index contributed by atoms with van der Waals surface area (Å²) in [6.07, 6.45) is 0.693. The minimum Gasteiger partial charge on any atom is -0.458 e. The second kappa shape index (κ2) is 8.92. The van der Waals surface area contributed by atoms with Crippen molar-refractivity contribution in [3.05, 3.63) is 0 Å². The number of hydrogen-bond acceptors (Lipinski definition) is 6. The van der Waals surface area contributed by atoms with Crippen molar-refractivity contribution in [2.45, 2.75) is 64.4 Å². The number of hydrogen-bond donors (Lipinski definition) is 0. The highest BCUT2D eigenvalue weighted by Crippen LogP contribution is 2.22. The van der Waals surface area contributed by atoms with Crippen LogP contribution in [0.15, 0.2) is 0 Å². The van der Waals surface area contributed by atoms with Gasteiger partial charge in [-0.05, 0) is 12.8 Å². The maximum atomic E-state index is 11.7. The second-order valence-corrected chi connectivity index (χ2v) is 4.75. The van der Waals surface area contributed by atoms with Gasteiger partial charge in [0.25, 0.3) is 0 Å². The summed E-state index contributed by atoms with van der Waals surface area (Å²) < 4.78 is 21.3. The van der Waals surface area contributed by atoms with Crippen LogP contribution in [0.3, 0.4) is 0 Å². The topological polar surface area (TPSA) is 71.1 Å². The van der Waals surface area contributed by atoms with Gasteiger partial charge < -0.3 is 18.9 Å². The van der Waals surface area contributed by atoms with Gasteiger partial charge in [0.15, 0.2) is 12.4 Å². The first-order valence-electron chi connectivity index (χ1n) is 7.15. The molecule has 1 fully saturated rings. The third-order valence-electron chi connectivity index (χ3n) is 3.01. The van der Waals surface area contributed by atoms with Gasteiger partial charge in [0.1, 0.15) is 6.10 Å². The van der Waals surface area contributed by atoms with E-state index in [-0.39, 0.29) is 11.9 Å². The Morgan fingerprint density at radius 3 is 2.25 bits per heavy atom. The molecule has 0 aliphatic carbocycles. The Balaban J connectivity index is 2.66. The van der Waals surface area contributed by atoms with Gasteiger partial charge in [-0.25, -0.2) is 0 Å². The van der Waals surface area contributed by atoms with Gasteiger partial charge in [-0.3, -0.25) is 9.59 Å². The molecule has 0 saturated carbocycles. The molecule has 0 aromatic rings. The highest BCUT2D eigenvalue weighted by Gasteiger charge is 2.39. The van der Waals surface area contributed by atoms with Crippen molar-refractivity contribution in [3.8, 4) is 0 Å². The molecule has 0 bridgehead atoms. The van der Waals surface area contributed by atoms with Crippen LogP contribution >= 0.6 is 0 Å². The van der Waals surface area contributed by atoms with Crippen molar-refractivity contribution in [3.63, 3.8) is 0 Å². The average molecular weight is 288 g/mol. The molecule has 20 heavy (non-hydrogen) atoms. The van der Waals surface area contributed by atoms with E-state index in [0.717, 1.165) is 6.42 Å². The molecule has 3 atom stereocenters. The van der Waals surface area contributed by atoms with E-state index in [4.69, 9.17) is 18.9 Å². The van der Waals surface area contributed by atoms with Crippen molar-refractivity contribution < 1.29 is 28.5 Å². The van der Waals surface area contributed by atoms with Crippen molar-refractivity contribution in [1.82, 2.24) is 0 Å². The Kier molecular flexibility index (Phi) is 7.54. The fraction of sp³-hybridized carbons (Fsp3) is 0.857. The SMILES string of the molecule is CCCC(=O)O[C@H]1[C@@H](OC)OCC[C@@H]1OC(=O)CCC. The molecule has 1 saturated heterocycles. The summed E-state index contributed by atoms with van der Waals surface area (Å²) in [5.74, 6) is -0.618. The lowest BCUT2D eigenvalue weighted by Crippen LogP contribution is -2.49. The number of carbonyl (C=O) groups excluding carboxylic acids is 2. The zero-order valence-corrected chi connectivity index (χ0v) is 12.4. The normalized spacial score (nSPS) is 26.1. The van der Waals surface area contributed by atoms with Gasteiger partial charge in [0.05, 0.1) is 6.61 Å². The van der Waals surface area contributed by atoms with Crippen LogP contribution in [0.5, 0.6) is 0 Å². The third-order valence-corrected chi connectivity index (χ3v) is 3.01. The second-order valence-electron chi connectivity index (χ2n) is 4.75. The molecule has 1 heterocycles. The van der Waals surface area contributed by atoms with E-state index in [9.17, 15) is 9.59 Å². The summed E-state index contributed by atoms with van der Waals surface area (Å²) >= 11 is 0. The fourth-order valence-corrected chi connectivity index (χ4v) is 2.04. The van der Waals surface area contributed by atoms with Crippen LogP contribution in [0.25, 0.3) is 0 Å². The Morgan fingerprint density at radius 1 is 1.10 bits per heavy atom. The molecule has 0 unspecified atom stereocenters. The van der Waals surface area contributed by atoms with Crippen LogP contribution in [-0.2, 0) is 28.5 Å². The molecule has 6 nitrogen and oxygen atoms in total. The zero-order chi connectivity index (χ0) is 15.0. The molecule has 0 radical (unpaired) electrons. The summed E-state index contributed by atoms with van der Waals surface area (Å²) in [5, 5.41) is 0. The van der Waals surface area contributed by atoms with Crippen LogP contribution in [0, 0.1) is 0 Å². The van der Waals surface area contributed by atoms with Gasteiger partial charge in [-0.2, -0.15) is 0 Å². The van der Waals surface area contributed by atoms with Crippen molar-refractivity contribution in [1.29, 1.82) is 0 Å². The number of methoxy groups -OCH3 is 1. The van der Waals surface area contributed by atoms with Crippen LogP contribution in [0.1, 0.15) is 46.0 Å². The van der Waals surface area contributed by atoms with E-state index in [2.05, 4.69) is 0 Å². The van der Waals surface area contributed by atoms with E-state index in [1.165, 1.54) is 7.11 Å². The molecule has 0 N–H and O–H groups in total. The molecule has 0 spiro atoms. The molecule has 0 amide bonds. The fourth-order valence-electron chi connectivity index (χ4n) is 2.04. The molecule has 0 aromatic heterocycles. The van der Waals surface area contributed by atoms with Gasteiger partial charge in [-0.15, -0.1) is 0 Å². The molecular weight excluding hydrogens is 264 g/mol. The summed E-state index contributed by atoms with van der Waals surface area (Å²) in [6.45, 7) is 4.21. The van der Waals surface area contributed by atoms with Crippen LogP contribution in [0.2, 0.25) is 0 Å². The first-order chi connectivity index (χ1) is 9.62. The van der Waals surface area contributed by atoms with Crippen LogP contribution < -0.4 is 0 Å². The smallest absolute Gasteiger partial charge is 0.306 e. The zero-order valence-electron chi connectivity index (χ0n) is 12.4. The van der Waals surface area contributed by atoms with E-state index in [1.807, 2.05) is 13.8 Å². The number of esters is 2. The molecule has 0 aromatic carbocycles. The Labute approximate surface area is 119 Å². The van der Waals surface area contributed by atoms with E-state index in [0.29, 0.717) is 32.3 Å². The first kappa shape index (κ1) is 16.9. The number of ether oxygens (including phenoxy) is 4. The molecule has 1 rings (SSSR count). The highest BCUT2D eigenvalue weighted by atomic mass is 16.7. The van der Waals surface area contributed by atoms with Crippen LogP contribution in [-0.4, -0.2) is 44.2 Å². The summed E-state index contributed by atoms with van der Waals surface area (Å²) in [4.78, 5) is 23.3. The third kappa shape index (κ3) is 5.09. The largest absolute Gasteiger partial charge is 0.458 e. The molecule has 1 aliphatic rings. The number of carbonyl (C=O) groups is 2. The van der Waals surface area contributed by atoms with Crippen molar-refractivity contribution >= 4 is 11.9 Å². The van der Waals surface area contributed by atoms with Gasteiger partial charge in [0.2, 0.25) is 0 Å². The maximum absolute atomic E-state index is 11.7. The van der Waals surface area contributed by atoms with E-state index in [1.54, 1.807) is 0 Å². The summed E-state index contributed by atoms with van der Waals surface area (Å²) in [6, 6.07) is 0. The van der Waals surface area contributed by atoms with Crippen molar-refractivity contribution in [2.24, 2.45) is 0 Å². The molecular formula is C14H24O6. The summed E-state index contributed by atoms with van der Waals surface area (Å²) in [7, 11) is 1.47. The minimum absolute atomic E-state index is 0.286. The Hall–Kier alpha value is -1.14. The predicted molar refractivity (Wildman–Crippen MR) is 70.9 cm³/mol. The standard InChI is InChI=1S/C14H24O6/c1-4-6-11(15)19-10-8-9-18-14(17-3)13(10)20-12(16)7-5-2/h10,13-14H,4-9H2,1-3H3/t10-,13+,14-/m0/s1. The quantitative estimate of drug-likeness (QED) is 0.665. The Bertz CT molecular complexity index is 317. The Morgan fingerprint density at radius 2 is 1.70 bits per heavy atom. The number of rotatable bonds is 7. The maximum Gasteiger partial charge on any atom is 0.306 e. The lowest BCUT2D eigenvalue weighted by Gasteiger charge is -2.35. The highest BCUT2D eigenvalue weighted by molar-refractivity contribution is 5.70. The minimum atomic E-state index is -0.700.